The van der Waals surface area contributed by atoms with Gasteiger partial charge in [0.1, 0.15) is 0 Å². The van der Waals surface area contributed by atoms with Gasteiger partial charge in [0, 0.05) is 0 Å². The third-order valence-electron chi connectivity index (χ3n) is 2.03. The molecule has 2 rings (SSSR count). The molecule has 0 N–H and O–H groups in total. The molecule has 0 aliphatic heterocycles. The fourth-order valence-corrected chi connectivity index (χ4v) is 1.32. The van der Waals surface area contributed by atoms with Crippen LogP contribution in [0.4, 0.5) is 4.39 Å². The Balaban J connectivity index is 0.00000112. The van der Waals surface area contributed by atoms with Gasteiger partial charge in [0.05, 0.1) is 5.82 Å². The van der Waals surface area contributed by atoms with Crippen LogP contribution in [0, 0.1) is 12.2 Å². The van der Waals surface area contributed by atoms with Crippen LogP contribution in [-0.2, 0) is 0 Å². The quantitative estimate of drug-likeness (QED) is 0.513. The molecule has 0 heterocycles. The van der Waals surface area contributed by atoms with E-state index in [9.17, 15) is 4.39 Å². The average molecular weight is 224 g/mol. The van der Waals surface area contributed by atoms with E-state index in [0.717, 1.165) is 5.56 Å². The number of rotatable bonds is 2. The molecule has 0 spiro atoms. The maximum Gasteiger partial charge on any atom is 1.00 e. The van der Waals surface area contributed by atoms with Gasteiger partial charge in [-0.25, -0.2) is 0 Å². The Kier molecular flexibility index (Phi) is 5.57. The van der Waals surface area contributed by atoms with E-state index in [1.54, 1.807) is 12.1 Å². The van der Waals surface area contributed by atoms with Crippen molar-refractivity contribution in [1.29, 1.82) is 0 Å². The first-order valence-corrected chi connectivity index (χ1v) is 4.50. The van der Waals surface area contributed by atoms with Gasteiger partial charge in [-0.05, 0) is 0 Å². The van der Waals surface area contributed by atoms with E-state index in [4.69, 9.17) is 0 Å². The van der Waals surface area contributed by atoms with Gasteiger partial charge in [-0.2, -0.15) is 0 Å². The van der Waals surface area contributed by atoms with E-state index < -0.39 is 0 Å². The van der Waals surface area contributed by atoms with Crippen LogP contribution in [0.5, 0.6) is 0 Å². The largest absolute Gasteiger partial charge is 1.00 e. The van der Waals surface area contributed by atoms with Gasteiger partial charge in [-0.15, -0.1) is 30.2 Å². The molecule has 2 aromatic rings. The molecule has 0 amide bonds. The van der Waals surface area contributed by atoms with E-state index >= 15 is 0 Å². The van der Waals surface area contributed by atoms with Crippen molar-refractivity contribution in [3.8, 4) is 0 Å². The SMILES string of the molecule is Fc1ccccc1[CH-]c1ccccc1.[K+]. The van der Waals surface area contributed by atoms with Crippen LogP contribution in [0.3, 0.4) is 0 Å². The van der Waals surface area contributed by atoms with Crippen LogP contribution < -0.4 is 51.4 Å². The van der Waals surface area contributed by atoms with E-state index in [0.29, 0.717) is 5.56 Å². The van der Waals surface area contributed by atoms with Crippen molar-refractivity contribution in [2.45, 2.75) is 0 Å². The molecule has 70 valence electrons. The zero-order valence-corrected chi connectivity index (χ0v) is 11.8. The molecular weight excluding hydrogens is 214 g/mol. The summed E-state index contributed by atoms with van der Waals surface area (Å²) in [7, 11) is 0. The minimum Gasteiger partial charge on any atom is -0.253 e. The van der Waals surface area contributed by atoms with Gasteiger partial charge >= 0.3 is 51.4 Å². The van der Waals surface area contributed by atoms with E-state index in [1.165, 1.54) is 6.07 Å². The Bertz CT molecular complexity index is 412. The summed E-state index contributed by atoms with van der Waals surface area (Å²) < 4.78 is 13.2. The minimum absolute atomic E-state index is 0. The number of halogens is 1. The van der Waals surface area contributed by atoms with Gasteiger partial charge < -0.3 is 0 Å². The maximum absolute atomic E-state index is 13.2. The third kappa shape index (κ3) is 3.74. The molecular formula is C13H10FK. The Morgan fingerprint density at radius 1 is 0.800 bits per heavy atom. The van der Waals surface area contributed by atoms with Crippen molar-refractivity contribution >= 4 is 0 Å². The Hall–Kier alpha value is -0.124. The average Bonchev–Trinajstić information content (AvgIpc) is 2.23. The summed E-state index contributed by atoms with van der Waals surface area (Å²) in [6.45, 7) is 0. The van der Waals surface area contributed by atoms with E-state index in [1.807, 2.05) is 42.8 Å². The second-order valence-corrected chi connectivity index (χ2v) is 3.08. The molecule has 0 aromatic heterocycles. The van der Waals surface area contributed by atoms with Gasteiger partial charge in [-0.3, -0.25) is 4.39 Å². The van der Waals surface area contributed by atoms with Crippen LogP contribution in [0.15, 0.2) is 54.6 Å². The molecule has 0 saturated heterocycles. The summed E-state index contributed by atoms with van der Waals surface area (Å²) in [6.07, 6.45) is 1.83. The molecule has 0 nitrogen and oxygen atoms in total. The Morgan fingerprint density at radius 2 is 1.40 bits per heavy atom. The molecule has 0 fully saturated rings. The van der Waals surface area contributed by atoms with Crippen molar-refractivity contribution in [1.82, 2.24) is 0 Å². The second kappa shape index (κ2) is 6.46. The third-order valence-corrected chi connectivity index (χ3v) is 2.03. The topological polar surface area (TPSA) is 0 Å². The van der Waals surface area contributed by atoms with Crippen molar-refractivity contribution in [3.63, 3.8) is 0 Å². The second-order valence-electron chi connectivity index (χ2n) is 3.08. The zero-order valence-electron chi connectivity index (χ0n) is 8.65. The molecule has 0 aliphatic rings. The first-order chi connectivity index (χ1) is 6.86. The van der Waals surface area contributed by atoms with Crippen molar-refractivity contribution in [3.05, 3.63) is 78.0 Å². The zero-order chi connectivity index (χ0) is 9.80. The first-order valence-electron chi connectivity index (χ1n) is 4.50. The van der Waals surface area contributed by atoms with Crippen LogP contribution in [0.1, 0.15) is 11.1 Å². The van der Waals surface area contributed by atoms with Crippen LogP contribution >= 0.6 is 0 Å². The van der Waals surface area contributed by atoms with Crippen LogP contribution in [-0.4, -0.2) is 0 Å². The van der Waals surface area contributed by atoms with Crippen molar-refractivity contribution < 1.29 is 55.8 Å². The Labute approximate surface area is 132 Å². The van der Waals surface area contributed by atoms with Gasteiger partial charge in [0.2, 0.25) is 0 Å². The fourth-order valence-electron chi connectivity index (χ4n) is 1.32. The van der Waals surface area contributed by atoms with Gasteiger partial charge in [0.25, 0.3) is 0 Å². The summed E-state index contributed by atoms with van der Waals surface area (Å²) in [4.78, 5) is 0. The molecule has 2 aromatic carbocycles. The molecule has 0 aliphatic carbocycles. The van der Waals surface area contributed by atoms with Gasteiger partial charge in [-0.1, -0.05) is 42.0 Å². The predicted octanol–water partition coefficient (Wildman–Crippen LogP) is 0.430. The minimum atomic E-state index is -0.184. The maximum atomic E-state index is 13.2. The van der Waals surface area contributed by atoms with Crippen molar-refractivity contribution in [2.24, 2.45) is 0 Å². The molecule has 2 heteroatoms. The summed E-state index contributed by atoms with van der Waals surface area (Å²) in [5, 5.41) is 0. The van der Waals surface area contributed by atoms with Crippen LogP contribution in [0.25, 0.3) is 0 Å². The molecule has 0 bridgehead atoms. The molecule has 0 radical (unpaired) electrons. The molecule has 0 atom stereocenters. The molecule has 0 saturated carbocycles. The number of hydrogen-bond donors (Lipinski definition) is 0. The van der Waals surface area contributed by atoms with Crippen LogP contribution in [0.2, 0.25) is 0 Å². The molecule has 0 unspecified atom stereocenters. The van der Waals surface area contributed by atoms with E-state index in [2.05, 4.69) is 0 Å². The van der Waals surface area contributed by atoms with Crippen molar-refractivity contribution in [2.75, 3.05) is 0 Å². The van der Waals surface area contributed by atoms with E-state index in [-0.39, 0.29) is 57.2 Å². The Morgan fingerprint density at radius 3 is 2.07 bits per heavy atom. The summed E-state index contributed by atoms with van der Waals surface area (Å²) in [6, 6.07) is 16.5. The summed E-state index contributed by atoms with van der Waals surface area (Å²) >= 11 is 0. The predicted molar refractivity (Wildman–Crippen MR) is 55.3 cm³/mol. The first kappa shape index (κ1) is 12.9. The normalized spacial score (nSPS) is 9.13. The fraction of sp³-hybridized carbons (Fsp3) is 0. The smallest absolute Gasteiger partial charge is 0.253 e. The summed E-state index contributed by atoms with van der Waals surface area (Å²) in [5.74, 6) is -0.184. The number of hydrogen-bond acceptors (Lipinski definition) is 0. The standard InChI is InChI=1S/C13H10F.K/c14-13-9-5-4-8-12(13)10-11-6-2-1-3-7-11;/h1-10H;/q-1;+1. The molecule has 15 heavy (non-hydrogen) atoms. The number of benzene rings is 2. The summed E-state index contributed by atoms with van der Waals surface area (Å²) in [5.41, 5.74) is 1.64. The van der Waals surface area contributed by atoms with Gasteiger partial charge in [0.15, 0.2) is 0 Å². The monoisotopic (exact) mass is 224 g/mol.